The summed E-state index contributed by atoms with van der Waals surface area (Å²) >= 11 is 0. The molecule has 5 heteroatoms. The topological polar surface area (TPSA) is 46.8 Å². The zero-order valence-electron chi connectivity index (χ0n) is 13.2. The van der Waals surface area contributed by atoms with Crippen LogP contribution in [0.1, 0.15) is 22.6 Å². The molecule has 0 amide bonds. The summed E-state index contributed by atoms with van der Waals surface area (Å²) < 4.78 is 2.01. The standard InChI is InChI=1S/C18H19N5/c1-14-20-10-16-6-8-22(12-18(16)21-14)11-15-2-4-17(5-3-15)23-9-7-19-13-23/h2-5,7,9-10,13H,6,8,11-12H2,1H3. The maximum absolute atomic E-state index is 4.59. The molecular weight excluding hydrogens is 286 g/mol. The molecule has 116 valence electrons. The summed E-state index contributed by atoms with van der Waals surface area (Å²) in [5, 5.41) is 0. The first-order valence-electron chi connectivity index (χ1n) is 7.89. The largest absolute Gasteiger partial charge is 0.306 e. The van der Waals surface area contributed by atoms with Crippen LogP contribution in [0.4, 0.5) is 0 Å². The number of imidazole rings is 1. The number of nitrogens with zero attached hydrogens (tertiary/aromatic N) is 5. The second kappa shape index (κ2) is 5.93. The fourth-order valence-corrected chi connectivity index (χ4v) is 3.04. The second-order valence-corrected chi connectivity index (χ2v) is 5.99. The fourth-order valence-electron chi connectivity index (χ4n) is 3.04. The highest BCUT2D eigenvalue weighted by Gasteiger charge is 2.18. The molecule has 0 N–H and O–H groups in total. The molecule has 0 fully saturated rings. The van der Waals surface area contributed by atoms with Gasteiger partial charge in [0.15, 0.2) is 0 Å². The second-order valence-electron chi connectivity index (χ2n) is 5.99. The number of rotatable bonds is 3. The Hall–Kier alpha value is -2.53. The van der Waals surface area contributed by atoms with Gasteiger partial charge in [-0.25, -0.2) is 15.0 Å². The predicted molar refractivity (Wildman–Crippen MR) is 88.2 cm³/mol. The maximum atomic E-state index is 4.59. The first kappa shape index (κ1) is 14.1. The van der Waals surface area contributed by atoms with Crippen molar-refractivity contribution in [3.8, 4) is 5.69 Å². The zero-order chi connectivity index (χ0) is 15.6. The zero-order valence-corrected chi connectivity index (χ0v) is 13.2. The first-order chi connectivity index (χ1) is 11.3. The van der Waals surface area contributed by atoms with Gasteiger partial charge in [-0.15, -0.1) is 0 Å². The highest BCUT2D eigenvalue weighted by atomic mass is 15.1. The normalized spacial score (nSPS) is 14.7. The third-order valence-corrected chi connectivity index (χ3v) is 4.29. The minimum absolute atomic E-state index is 0.857. The van der Waals surface area contributed by atoms with E-state index in [-0.39, 0.29) is 0 Å². The van der Waals surface area contributed by atoms with Gasteiger partial charge >= 0.3 is 0 Å². The smallest absolute Gasteiger partial charge is 0.125 e. The van der Waals surface area contributed by atoms with Gasteiger partial charge in [0.1, 0.15) is 5.82 Å². The Morgan fingerprint density at radius 3 is 2.83 bits per heavy atom. The Bertz CT molecular complexity index is 793. The van der Waals surface area contributed by atoms with Crippen LogP contribution in [-0.2, 0) is 19.5 Å². The number of benzene rings is 1. The van der Waals surface area contributed by atoms with Crippen molar-refractivity contribution in [2.75, 3.05) is 6.54 Å². The van der Waals surface area contributed by atoms with E-state index in [9.17, 15) is 0 Å². The van der Waals surface area contributed by atoms with Crippen LogP contribution in [0.15, 0.2) is 49.2 Å². The molecule has 4 rings (SSSR count). The van der Waals surface area contributed by atoms with Gasteiger partial charge in [0.05, 0.1) is 12.0 Å². The Labute approximate surface area is 135 Å². The molecule has 1 aliphatic heterocycles. The summed E-state index contributed by atoms with van der Waals surface area (Å²) in [6.07, 6.45) is 8.58. The van der Waals surface area contributed by atoms with E-state index in [1.165, 1.54) is 16.8 Å². The Morgan fingerprint density at radius 1 is 1.17 bits per heavy atom. The molecule has 2 aromatic heterocycles. The molecule has 1 aliphatic rings. The Balaban J connectivity index is 1.46. The number of hydrogen-bond donors (Lipinski definition) is 0. The lowest BCUT2D eigenvalue weighted by Gasteiger charge is -2.27. The lowest BCUT2D eigenvalue weighted by molar-refractivity contribution is 0.241. The predicted octanol–water partition coefficient (Wildman–Crippen LogP) is 2.53. The van der Waals surface area contributed by atoms with Gasteiger partial charge in [-0.3, -0.25) is 4.90 Å². The Morgan fingerprint density at radius 2 is 2.04 bits per heavy atom. The van der Waals surface area contributed by atoms with Crippen LogP contribution in [-0.4, -0.2) is 31.0 Å². The fraction of sp³-hybridized carbons (Fsp3) is 0.278. The summed E-state index contributed by atoms with van der Waals surface area (Å²) in [5.74, 6) is 0.857. The molecule has 0 unspecified atom stereocenters. The number of hydrogen-bond acceptors (Lipinski definition) is 4. The van der Waals surface area contributed by atoms with Crippen molar-refractivity contribution in [1.82, 2.24) is 24.4 Å². The summed E-state index contributed by atoms with van der Waals surface area (Å²) in [6, 6.07) is 8.66. The van der Waals surface area contributed by atoms with E-state index in [4.69, 9.17) is 0 Å². The van der Waals surface area contributed by atoms with Crippen LogP contribution in [0.2, 0.25) is 0 Å². The molecule has 0 radical (unpaired) electrons. The highest BCUT2D eigenvalue weighted by Crippen LogP contribution is 2.19. The maximum Gasteiger partial charge on any atom is 0.125 e. The molecule has 0 bridgehead atoms. The molecule has 0 saturated carbocycles. The van der Waals surface area contributed by atoms with Crippen LogP contribution >= 0.6 is 0 Å². The number of fused-ring (bicyclic) bond motifs is 1. The SMILES string of the molecule is Cc1ncc2c(n1)CN(Cc1ccc(-n3ccnc3)cc1)CC2. The van der Waals surface area contributed by atoms with E-state index in [0.29, 0.717) is 0 Å². The molecule has 5 nitrogen and oxygen atoms in total. The molecular formula is C18H19N5. The van der Waals surface area contributed by atoms with E-state index in [2.05, 4.69) is 44.1 Å². The summed E-state index contributed by atoms with van der Waals surface area (Å²) in [5.41, 5.74) is 4.93. The lowest BCUT2D eigenvalue weighted by Crippen LogP contribution is -2.31. The molecule has 3 aromatic rings. The van der Waals surface area contributed by atoms with Crippen molar-refractivity contribution >= 4 is 0 Å². The lowest BCUT2D eigenvalue weighted by atomic mass is 10.1. The van der Waals surface area contributed by atoms with Crippen molar-refractivity contribution < 1.29 is 0 Å². The quantitative estimate of drug-likeness (QED) is 0.746. The Kier molecular flexibility index (Phi) is 3.63. The summed E-state index contributed by atoms with van der Waals surface area (Å²) in [7, 11) is 0. The van der Waals surface area contributed by atoms with Crippen LogP contribution in [0.25, 0.3) is 5.69 Å². The first-order valence-corrected chi connectivity index (χ1v) is 7.89. The van der Waals surface area contributed by atoms with Gasteiger partial charge in [0, 0.05) is 43.9 Å². The van der Waals surface area contributed by atoms with Gasteiger partial charge < -0.3 is 4.57 Å². The van der Waals surface area contributed by atoms with Gasteiger partial charge in [-0.2, -0.15) is 0 Å². The summed E-state index contributed by atoms with van der Waals surface area (Å²) in [4.78, 5) is 15.4. The van der Waals surface area contributed by atoms with Gasteiger partial charge in [-0.05, 0) is 36.6 Å². The van der Waals surface area contributed by atoms with Crippen LogP contribution in [0, 0.1) is 6.92 Å². The molecule has 0 spiro atoms. The summed E-state index contributed by atoms with van der Waals surface area (Å²) in [6.45, 7) is 4.87. The third-order valence-electron chi connectivity index (χ3n) is 4.29. The van der Waals surface area contributed by atoms with Gasteiger partial charge in [-0.1, -0.05) is 12.1 Å². The third kappa shape index (κ3) is 3.00. The monoisotopic (exact) mass is 305 g/mol. The molecule has 0 atom stereocenters. The molecule has 1 aromatic carbocycles. The van der Waals surface area contributed by atoms with Gasteiger partial charge in [0.2, 0.25) is 0 Å². The molecule has 23 heavy (non-hydrogen) atoms. The van der Waals surface area contributed by atoms with Crippen LogP contribution in [0.5, 0.6) is 0 Å². The van der Waals surface area contributed by atoms with Crippen molar-refractivity contribution in [3.63, 3.8) is 0 Å². The van der Waals surface area contributed by atoms with E-state index < -0.39 is 0 Å². The van der Waals surface area contributed by atoms with Crippen molar-refractivity contribution in [2.45, 2.75) is 26.4 Å². The molecule has 3 heterocycles. The number of aryl methyl sites for hydroxylation is 1. The molecule has 0 saturated heterocycles. The van der Waals surface area contributed by atoms with Crippen molar-refractivity contribution in [2.24, 2.45) is 0 Å². The van der Waals surface area contributed by atoms with Gasteiger partial charge in [0.25, 0.3) is 0 Å². The van der Waals surface area contributed by atoms with E-state index in [1.807, 2.05) is 30.2 Å². The van der Waals surface area contributed by atoms with Crippen molar-refractivity contribution in [1.29, 1.82) is 0 Å². The average Bonchev–Trinajstić information content (AvgIpc) is 3.10. The van der Waals surface area contributed by atoms with Crippen LogP contribution < -0.4 is 0 Å². The molecule has 0 aliphatic carbocycles. The minimum Gasteiger partial charge on any atom is -0.306 e. The van der Waals surface area contributed by atoms with Crippen LogP contribution in [0.3, 0.4) is 0 Å². The van der Waals surface area contributed by atoms with E-state index in [0.717, 1.165) is 37.6 Å². The van der Waals surface area contributed by atoms with E-state index >= 15 is 0 Å². The average molecular weight is 305 g/mol. The number of aromatic nitrogens is 4. The van der Waals surface area contributed by atoms with Crippen molar-refractivity contribution in [3.05, 3.63) is 71.8 Å². The minimum atomic E-state index is 0.857. The highest BCUT2D eigenvalue weighted by molar-refractivity contribution is 5.34. The van der Waals surface area contributed by atoms with E-state index in [1.54, 1.807) is 6.20 Å².